The van der Waals surface area contributed by atoms with Crippen LogP contribution in [0.1, 0.15) is 12.5 Å². The minimum absolute atomic E-state index is 0.105. The monoisotopic (exact) mass is 326 g/mol. The number of carbonyl (C=O) groups excluding carboxylic acids is 2. The van der Waals surface area contributed by atoms with E-state index in [9.17, 15) is 9.59 Å². The maximum Gasteiger partial charge on any atom is 0.409 e. The average Bonchev–Trinajstić information content (AvgIpc) is 2.62. The second-order valence-electron chi connectivity index (χ2n) is 5.93. The van der Waals surface area contributed by atoms with Crippen molar-refractivity contribution in [3.05, 3.63) is 48.0 Å². The van der Waals surface area contributed by atoms with Gasteiger partial charge in [0.15, 0.2) is 0 Å². The van der Waals surface area contributed by atoms with Crippen LogP contribution < -0.4 is 0 Å². The van der Waals surface area contributed by atoms with E-state index in [-0.39, 0.29) is 12.0 Å². The summed E-state index contributed by atoms with van der Waals surface area (Å²) in [4.78, 5) is 27.7. The van der Waals surface area contributed by atoms with Gasteiger partial charge in [0.2, 0.25) is 5.91 Å². The Morgan fingerprint density at radius 3 is 2.33 bits per heavy atom. The van der Waals surface area contributed by atoms with E-state index in [4.69, 9.17) is 4.74 Å². The third kappa shape index (κ3) is 3.67. The molecule has 1 aliphatic rings. The second-order valence-corrected chi connectivity index (χ2v) is 5.93. The Kier molecular flexibility index (Phi) is 4.99. The number of benzene rings is 2. The van der Waals surface area contributed by atoms with E-state index >= 15 is 0 Å². The molecule has 24 heavy (non-hydrogen) atoms. The highest BCUT2D eigenvalue weighted by Gasteiger charge is 2.24. The Hall–Kier alpha value is -2.56. The number of rotatable bonds is 3. The van der Waals surface area contributed by atoms with Gasteiger partial charge in [-0.3, -0.25) is 4.79 Å². The first-order chi connectivity index (χ1) is 11.7. The van der Waals surface area contributed by atoms with E-state index < -0.39 is 0 Å². The van der Waals surface area contributed by atoms with E-state index in [1.807, 2.05) is 23.1 Å². The highest BCUT2D eigenvalue weighted by Crippen LogP contribution is 2.17. The Morgan fingerprint density at radius 2 is 1.62 bits per heavy atom. The summed E-state index contributed by atoms with van der Waals surface area (Å²) in [6.45, 7) is 4.35. The number of piperazine rings is 1. The highest BCUT2D eigenvalue weighted by molar-refractivity contribution is 5.85. The van der Waals surface area contributed by atoms with Crippen molar-refractivity contribution in [1.82, 2.24) is 9.80 Å². The first kappa shape index (κ1) is 16.3. The fourth-order valence-electron chi connectivity index (χ4n) is 2.99. The molecule has 1 aliphatic heterocycles. The standard InChI is InChI=1S/C19H22N2O3/c1-2-24-19(23)21-11-9-20(10-12-21)18(22)14-15-7-8-16-5-3-4-6-17(16)13-15/h3-8,13H,2,9-12,14H2,1H3. The first-order valence-electron chi connectivity index (χ1n) is 8.34. The molecule has 2 amide bonds. The minimum atomic E-state index is -0.292. The summed E-state index contributed by atoms with van der Waals surface area (Å²) < 4.78 is 5.00. The summed E-state index contributed by atoms with van der Waals surface area (Å²) in [6.07, 6.45) is 0.101. The minimum Gasteiger partial charge on any atom is -0.450 e. The molecule has 3 rings (SSSR count). The molecule has 0 spiro atoms. The zero-order chi connectivity index (χ0) is 16.9. The van der Waals surface area contributed by atoms with Crippen LogP contribution in [0.2, 0.25) is 0 Å². The molecule has 5 heteroatoms. The van der Waals surface area contributed by atoms with Crippen molar-refractivity contribution >= 4 is 22.8 Å². The largest absolute Gasteiger partial charge is 0.450 e. The van der Waals surface area contributed by atoms with Gasteiger partial charge in [-0.2, -0.15) is 0 Å². The normalized spacial score (nSPS) is 14.7. The van der Waals surface area contributed by atoms with Gasteiger partial charge in [0.05, 0.1) is 13.0 Å². The Labute approximate surface area is 141 Å². The molecular formula is C19H22N2O3. The third-order valence-electron chi connectivity index (χ3n) is 4.33. The predicted molar refractivity (Wildman–Crippen MR) is 92.8 cm³/mol. The number of hydrogen-bond donors (Lipinski definition) is 0. The van der Waals surface area contributed by atoms with Gasteiger partial charge in [0, 0.05) is 26.2 Å². The van der Waals surface area contributed by atoms with Crippen LogP contribution in [-0.2, 0) is 16.0 Å². The molecule has 1 heterocycles. The van der Waals surface area contributed by atoms with Gasteiger partial charge in [-0.1, -0.05) is 42.5 Å². The zero-order valence-corrected chi connectivity index (χ0v) is 13.9. The fraction of sp³-hybridized carbons (Fsp3) is 0.368. The number of ether oxygens (including phenoxy) is 1. The SMILES string of the molecule is CCOC(=O)N1CCN(C(=O)Cc2ccc3ccccc3c2)CC1. The summed E-state index contributed by atoms with van der Waals surface area (Å²) in [5, 5.41) is 2.33. The molecule has 0 N–H and O–H groups in total. The molecule has 126 valence electrons. The Morgan fingerprint density at radius 1 is 0.958 bits per heavy atom. The van der Waals surface area contributed by atoms with Crippen LogP contribution in [0.3, 0.4) is 0 Å². The van der Waals surface area contributed by atoms with Crippen LogP contribution in [0.15, 0.2) is 42.5 Å². The maximum absolute atomic E-state index is 12.5. The van der Waals surface area contributed by atoms with Gasteiger partial charge >= 0.3 is 6.09 Å². The van der Waals surface area contributed by atoms with Crippen molar-refractivity contribution in [3.8, 4) is 0 Å². The van der Waals surface area contributed by atoms with E-state index in [0.717, 1.165) is 10.9 Å². The molecule has 0 bridgehead atoms. The summed E-state index contributed by atoms with van der Waals surface area (Å²) in [6, 6.07) is 14.3. The molecule has 2 aromatic rings. The second kappa shape index (κ2) is 7.34. The van der Waals surface area contributed by atoms with Crippen molar-refractivity contribution in [2.24, 2.45) is 0 Å². The average molecular weight is 326 g/mol. The van der Waals surface area contributed by atoms with E-state index in [2.05, 4.69) is 24.3 Å². The molecule has 0 aromatic heterocycles. The highest BCUT2D eigenvalue weighted by atomic mass is 16.6. The van der Waals surface area contributed by atoms with Crippen molar-refractivity contribution in [1.29, 1.82) is 0 Å². The molecule has 2 aromatic carbocycles. The molecule has 0 saturated carbocycles. The molecule has 1 fully saturated rings. The van der Waals surface area contributed by atoms with E-state index in [1.54, 1.807) is 11.8 Å². The summed E-state index contributed by atoms with van der Waals surface area (Å²) >= 11 is 0. The zero-order valence-electron chi connectivity index (χ0n) is 13.9. The lowest BCUT2D eigenvalue weighted by molar-refractivity contribution is -0.132. The Balaban J connectivity index is 1.58. The third-order valence-corrected chi connectivity index (χ3v) is 4.33. The summed E-state index contributed by atoms with van der Waals surface area (Å²) in [7, 11) is 0. The fourth-order valence-corrected chi connectivity index (χ4v) is 2.99. The molecule has 0 aliphatic carbocycles. The lowest BCUT2D eigenvalue weighted by Gasteiger charge is -2.34. The van der Waals surface area contributed by atoms with Crippen LogP contribution in [0.5, 0.6) is 0 Å². The lowest BCUT2D eigenvalue weighted by Crippen LogP contribution is -2.51. The molecule has 1 saturated heterocycles. The smallest absolute Gasteiger partial charge is 0.409 e. The van der Waals surface area contributed by atoms with E-state index in [0.29, 0.717) is 39.2 Å². The van der Waals surface area contributed by atoms with E-state index in [1.165, 1.54) is 5.39 Å². The van der Waals surface area contributed by atoms with Gasteiger partial charge in [-0.15, -0.1) is 0 Å². The quantitative estimate of drug-likeness (QED) is 0.871. The molecular weight excluding hydrogens is 304 g/mol. The van der Waals surface area contributed by atoms with Gasteiger partial charge in [0.25, 0.3) is 0 Å². The predicted octanol–water partition coefficient (Wildman–Crippen LogP) is 2.68. The van der Waals surface area contributed by atoms with Gasteiger partial charge in [-0.25, -0.2) is 4.79 Å². The van der Waals surface area contributed by atoms with Gasteiger partial charge < -0.3 is 14.5 Å². The van der Waals surface area contributed by atoms with Crippen LogP contribution in [0, 0.1) is 0 Å². The van der Waals surface area contributed by atoms with Crippen molar-refractivity contribution in [2.75, 3.05) is 32.8 Å². The molecule has 5 nitrogen and oxygen atoms in total. The molecule has 0 atom stereocenters. The van der Waals surface area contributed by atoms with Crippen molar-refractivity contribution in [2.45, 2.75) is 13.3 Å². The topological polar surface area (TPSA) is 49.9 Å². The number of carbonyl (C=O) groups is 2. The van der Waals surface area contributed by atoms with Crippen molar-refractivity contribution < 1.29 is 14.3 Å². The Bertz CT molecular complexity index is 736. The summed E-state index contributed by atoms with van der Waals surface area (Å²) in [5.74, 6) is 0.105. The van der Waals surface area contributed by atoms with Crippen molar-refractivity contribution in [3.63, 3.8) is 0 Å². The first-order valence-corrected chi connectivity index (χ1v) is 8.34. The van der Waals surface area contributed by atoms with Crippen LogP contribution in [-0.4, -0.2) is 54.6 Å². The number of fused-ring (bicyclic) bond motifs is 1. The maximum atomic E-state index is 12.5. The number of hydrogen-bond acceptors (Lipinski definition) is 3. The van der Waals surface area contributed by atoms with Crippen LogP contribution >= 0.6 is 0 Å². The van der Waals surface area contributed by atoms with Crippen LogP contribution in [0.25, 0.3) is 10.8 Å². The lowest BCUT2D eigenvalue weighted by atomic mass is 10.0. The molecule has 0 unspecified atom stereocenters. The molecule has 0 radical (unpaired) electrons. The van der Waals surface area contributed by atoms with Crippen LogP contribution in [0.4, 0.5) is 4.79 Å². The van der Waals surface area contributed by atoms with Gasteiger partial charge in [0.1, 0.15) is 0 Å². The van der Waals surface area contributed by atoms with Gasteiger partial charge in [-0.05, 0) is 23.3 Å². The number of nitrogens with zero attached hydrogens (tertiary/aromatic N) is 2. The number of amides is 2. The summed E-state index contributed by atoms with van der Waals surface area (Å²) in [5.41, 5.74) is 1.02.